The molecule has 0 aliphatic carbocycles. The Morgan fingerprint density at radius 1 is 0.579 bits per heavy atom. The van der Waals surface area contributed by atoms with Gasteiger partial charge in [0.25, 0.3) is 0 Å². The molecular formula is C40H40F2N6O5S4. The molecule has 57 heavy (non-hydrogen) atoms. The first kappa shape index (κ1) is 40.4. The maximum Gasteiger partial charge on any atom is 0.243 e. The summed E-state index contributed by atoms with van der Waals surface area (Å²) in [6.07, 6.45) is 0. The number of hydrogen-bond acceptors (Lipinski definition) is 11. The van der Waals surface area contributed by atoms with E-state index >= 15 is 0 Å². The number of halogens is 2. The van der Waals surface area contributed by atoms with E-state index in [0.717, 1.165) is 50.7 Å². The molecule has 2 aromatic heterocycles. The maximum absolute atomic E-state index is 13.4. The predicted octanol–water partition coefficient (Wildman–Crippen LogP) is 7.24. The second-order valence-electron chi connectivity index (χ2n) is 13.3. The van der Waals surface area contributed by atoms with Gasteiger partial charge in [0.05, 0.1) is 28.3 Å². The van der Waals surface area contributed by atoms with Gasteiger partial charge in [-0.2, -0.15) is 8.61 Å². The zero-order chi connectivity index (χ0) is 40.2. The molecule has 11 nitrogen and oxygen atoms in total. The predicted molar refractivity (Wildman–Crippen MR) is 221 cm³/mol. The first-order valence-corrected chi connectivity index (χ1v) is 22.7. The zero-order valence-corrected chi connectivity index (χ0v) is 34.4. The highest BCUT2D eigenvalue weighted by atomic mass is 32.2. The average Bonchev–Trinajstić information content (AvgIpc) is 3.93. The normalized spacial score (nSPS) is 15.6. The fraction of sp³-hybridized carbons (Fsp3) is 0.250. The Morgan fingerprint density at radius 2 is 1.02 bits per heavy atom. The minimum atomic E-state index is -3.70. The summed E-state index contributed by atoms with van der Waals surface area (Å²) in [5.74, 6) is -0.336. The number of thiazole rings is 2. The van der Waals surface area contributed by atoms with Gasteiger partial charge < -0.3 is 14.5 Å². The number of sulfonamides is 2. The Hall–Kier alpha value is -4.78. The average molecular weight is 851 g/mol. The van der Waals surface area contributed by atoms with E-state index in [-0.39, 0.29) is 9.79 Å². The van der Waals surface area contributed by atoms with Crippen molar-refractivity contribution in [2.45, 2.75) is 16.7 Å². The molecule has 0 radical (unpaired) electrons. The van der Waals surface area contributed by atoms with Gasteiger partial charge in [0.15, 0.2) is 10.3 Å². The summed E-state index contributed by atoms with van der Waals surface area (Å²) in [6.45, 7) is 5.55. The smallest absolute Gasteiger partial charge is 0.243 e. The van der Waals surface area contributed by atoms with Crippen LogP contribution in [0, 0.1) is 18.6 Å². The second-order valence-corrected chi connectivity index (χ2v) is 18.9. The monoisotopic (exact) mass is 850 g/mol. The van der Waals surface area contributed by atoms with E-state index in [1.165, 1.54) is 61.9 Å². The van der Waals surface area contributed by atoms with Crippen LogP contribution < -0.4 is 14.5 Å². The highest BCUT2D eigenvalue weighted by molar-refractivity contribution is 7.89. The number of aryl methyl sites for hydroxylation is 1. The summed E-state index contributed by atoms with van der Waals surface area (Å²) in [4.78, 5) is 13.6. The van der Waals surface area contributed by atoms with Crippen molar-refractivity contribution in [3.05, 3.63) is 125 Å². The molecule has 0 spiro atoms. The molecule has 8 rings (SSSR count). The van der Waals surface area contributed by atoms with E-state index in [1.54, 1.807) is 18.4 Å². The van der Waals surface area contributed by atoms with Gasteiger partial charge in [0.2, 0.25) is 20.0 Å². The van der Waals surface area contributed by atoms with Crippen LogP contribution in [0.3, 0.4) is 0 Å². The molecule has 4 aromatic carbocycles. The minimum Gasteiger partial charge on any atom is -0.497 e. The number of piperazine rings is 2. The molecule has 0 N–H and O–H groups in total. The van der Waals surface area contributed by atoms with Crippen molar-refractivity contribution in [3.8, 4) is 28.3 Å². The molecule has 4 heterocycles. The third-order valence-corrected chi connectivity index (χ3v) is 15.1. The van der Waals surface area contributed by atoms with Gasteiger partial charge in [-0.1, -0.05) is 48.0 Å². The molecule has 0 atom stereocenters. The van der Waals surface area contributed by atoms with E-state index in [4.69, 9.17) is 14.7 Å². The molecule has 0 saturated carbocycles. The third-order valence-electron chi connectivity index (χ3n) is 9.55. The first-order chi connectivity index (χ1) is 27.4. The standard InChI is InChI=1S/C20H20FN3O3S2.C20H20FN3O2S2/c1-27-17-6-2-4-15(12-17)19-14-28-20(22-19)23-8-10-24(11-9-23)29(25,26)18-7-3-5-16(21)13-18;1-15-4-2-5-16(12-15)19-14-27-20(22-19)23-8-10-24(11-9-23)28(25,26)18-7-3-6-17(21)13-18/h2-7,12-14H,8-11H2,1H3;2-7,12-14H,8-11H2,1H3. The van der Waals surface area contributed by atoms with Crippen LogP contribution >= 0.6 is 22.7 Å². The van der Waals surface area contributed by atoms with Crippen molar-refractivity contribution in [2.75, 3.05) is 69.3 Å². The first-order valence-electron chi connectivity index (χ1n) is 18.0. The molecule has 2 aliphatic rings. The van der Waals surface area contributed by atoms with Crippen molar-refractivity contribution in [1.29, 1.82) is 0 Å². The number of methoxy groups -OCH3 is 1. The van der Waals surface area contributed by atoms with Gasteiger partial charge in [-0.05, 0) is 61.5 Å². The number of rotatable bonds is 9. The summed E-state index contributed by atoms with van der Waals surface area (Å²) in [7, 11) is -5.75. The molecule has 6 aromatic rings. The Bertz CT molecular complexity index is 2550. The molecule has 298 valence electrons. The van der Waals surface area contributed by atoms with E-state index in [2.05, 4.69) is 28.9 Å². The summed E-state index contributed by atoms with van der Waals surface area (Å²) in [6, 6.07) is 26.2. The fourth-order valence-corrected chi connectivity index (χ4v) is 11.1. The largest absolute Gasteiger partial charge is 0.497 e. The summed E-state index contributed by atoms with van der Waals surface area (Å²) in [5.41, 5.74) is 5.02. The molecular weight excluding hydrogens is 811 g/mol. The molecule has 2 fully saturated rings. The summed E-state index contributed by atoms with van der Waals surface area (Å²) < 4.78 is 85.9. The van der Waals surface area contributed by atoms with Gasteiger partial charge in [-0.3, -0.25) is 0 Å². The number of nitrogens with zero attached hydrogens (tertiary/aromatic N) is 6. The van der Waals surface area contributed by atoms with E-state index < -0.39 is 31.7 Å². The summed E-state index contributed by atoms with van der Waals surface area (Å²) >= 11 is 3.09. The summed E-state index contributed by atoms with van der Waals surface area (Å²) in [5, 5.41) is 5.75. The van der Waals surface area contributed by atoms with Gasteiger partial charge in [0, 0.05) is 74.2 Å². The lowest BCUT2D eigenvalue weighted by atomic mass is 10.1. The Balaban J connectivity index is 0.000000174. The SMILES string of the molecule is COc1cccc(-c2csc(N3CCN(S(=O)(=O)c4cccc(F)c4)CC3)n2)c1.Cc1cccc(-c2csc(N3CCN(S(=O)(=O)c4cccc(F)c4)CC3)n2)c1. The van der Waals surface area contributed by atoms with Gasteiger partial charge in [-0.25, -0.2) is 35.6 Å². The van der Waals surface area contributed by atoms with Crippen molar-refractivity contribution >= 4 is 53.0 Å². The van der Waals surface area contributed by atoms with Crippen LogP contribution in [0.2, 0.25) is 0 Å². The van der Waals surface area contributed by atoms with E-state index in [0.29, 0.717) is 52.4 Å². The van der Waals surface area contributed by atoms with Crippen LogP contribution in [0.4, 0.5) is 19.0 Å². The quantitative estimate of drug-likeness (QED) is 0.149. The van der Waals surface area contributed by atoms with Crippen LogP contribution in [-0.4, -0.2) is 94.9 Å². The molecule has 0 amide bonds. The van der Waals surface area contributed by atoms with E-state index in [9.17, 15) is 25.6 Å². The maximum atomic E-state index is 13.4. The Labute approximate surface area is 339 Å². The topological polar surface area (TPSA) is 116 Å². The highest BCUT2D eigenvalue weighted by Crippen LogP contribution is 2.32. The lowest BCUT2D eigenvalue weighted by Gasteiger charge is -2.33. The molecule has 2 aliphatic heterocycles. The number of benzene rings is 4. The third kappa shape index (κ3) is 9.35. The molecule has 2 saturated heterocycles. The molecule has 0 unspecified atom stereocenters. The van der Waals surface area contributed by atoms with Gasteiger partial charge in [-0.15, -0.1) is 22.7 Å². The van der Waals surface area contributed by atoms with Crippen molar-refractivity contribution < 1.29 is 30.4 Å². The highest BCUT2D eigenvalue weighted by Gasteiger charge is 2.31. The Kier molecular flexibility index (Phi) is 12.3. The minimum absolute atomic E-state index is 0.00284. The van der Waals surface area contributed by atoms with Crippen LogP contribution in [0.15, 0.2) is 118 Å². The molecule has 0 bridgehead atoms. The van der Waals surface area contributed by atoms with Gasteiger partial charge >= 0.3 is 0 Å². The number of ether oxygens (including phenoxy) is 1. The fourth-order valence-electron chi connectivity index (χ4n) is 6.46. The van der Waals surface area contributed by atoms with Crippen LogP contribution in [-0.2, 0) is 20.0 Å². The van der Waals surface area contributed by atoms with E-state index in [1.807, 2.05) is 47.2 Å². The van der Waals surface area contributed by atoms with Crippen molar-refractivity contribution in [1.82, 2.24) is 18.6 Å². The number of anilines is 2. The molecule has 17 heteroatoms. The second kappa shape index (κ2) is 17.4. The number of hydrogen-bond donors (Lipinski definition) is 0. The van der Waals surface area contributed by atoms with Crippen LogP contribution in [0.1, 0.15) is 5.56 Å². The lowest BCUT2D eigenvalue weighted by Crippen LogP contribution is -2.48. The van der Waals surface area contributed by atoms with Gasteiger partial charge in [0.1, 0.15) is 17.4 Å². The zero-order valence-electron chi connectivity index (χ0n) is 31.2. The van der Waals surface area contributed by atoms with Crippen molar-refractivity contribution in [2.24, 2.45) is 0 Å². The van der Waals surface area contributed by atoms with Crippen molar-refractivity contribution in [3.63, 3.8) is 0 Å². The van der Waals surface area contributed by atoms with Crippen LogP contribution in [0.5, 0.6) is 5.75 Å². The number of aromatic nitrogens is 2. The lowest BCUT2D eigenvalue weighted by molar-refractivity contribution is 0.384. The van der Waals surface area contributed by atoms with Crippen LogP contribution in [0.25, 0.3) is 22.5 Å². The Morgan fingerprint density at radius 3 is 1.46 bits per heavy atom.